The van der Waals surface area contributed by atoms with Gasteiger partial charge < -0.3 is 14.8 Å². The summed E-state index contributed by atoms with van der Waals surface area (Å²) in [5.74, 6) is -0.124. The van der Waals surface area contributed by atoms with Gasteiger partial charge in [-0.3, -0.25) is 4.79 Å². The number of carbonyl (C=O) groups is 1. The van der Waals surface area contributed by atoms with Gasteiger partial charge in [0.25, 0.3) is 0 Å². The van der Waals surface area contributed by atoms with Gasteiger partial charge in [-0.05, 0) is 52.7 Å². The molecule has 0 aliphatic rings. The Hall–Kier alpha value is -2.19. The average Bonchev–Trinajstić information content (AvgIpc) is 2.87. The molecule has 3 rings (SSSR count). The number of aromatic nitrogens is 1. The fourth-order valence-corrected chi connectivity index (χ4v) is 3.60. The second-order valence-electron chi connectivity index (χ2n) is 5.33. The Balaban J connectivity index is 1.76. The first-order valence-corrected chi connectivity index (χ1v) is 8.86. The number of fused-ring (bicyclic) bond motifs is 1. The second-order valence-corrected chi connectivity index (χ2v) is 7.10. The molecule has 6 nitrogen and oxygen atoms in total. The number of aryl methyl sites for hydroxylation is 1. The van der Waals surface area contributed by atoms with E-state index in [1.54, 1.807) is 12.1 Å². The summed E-state index contributed by atoms with van der Waals surface area (Å²) in [6.07, 6.45) is 0. The molecule has 0 atom stereocenters. The first-order chi connectivity index (χ1) is 11.9. The Morgan fingerprint density at radius 1 is 1.28 bits per heavy atom. The van der Waals surface area contributed by atoms with E-state index in [-0.39, 0.29) is 18.2 Å². The third-order valence-corrected chi connectivity index (χ3v) is 4.47. The van der Waals surface area contributed by atoms with Crippen molar-refractivity contribution in [2.45, 2.75) is 6.92 Å². The van der Waals surface area contributed by atoms with E-state index in [0.717, 1.165) is 14.5 Å². The zero-order valence-corrected chi connectivity index (χ0v) is 16.3. The summed E-state index contributed by atoms with van der Waals surface area (Å²) in [7, 11) is 0. The highest BCUT2D eigenvalue weighted by Gasteiger charge is 2.14. The second kappa shape index (κ2) is 7.37. The molecule has 0 saturated carbocycles. The predicted octanol–water partition coefficient (Wildman–Crippen LogP) is 5.40. The fraction of sp³-hybridized carbons (Fsp3) is 0.118. The molecule has 25 heavy (non-hydrogen) atoms. The number of aromatic hydroxyl groups is 1. The van der Waals surface area contributed by atoms with Crippen molar-refractivity contribution in [2.75, 3.05) is 6.61 Å². The van der Waals surface area contributed by atoms with Crippen LogP contribution in [-0.2, 0) is 4.79 Å². The first kappa shape index (κ1) is 17.6. The van der Waals surface area contributed by atoms with Crippen LogP contribution in [-0.4, -0.2) is 22.6 Å². The van der Waals surface area contributed by atoms with Gasteiger partial charge in [0, 0.05) is 14.3 Å². The van der Waals surface area contributed by atoms with Crippen LogP contribution in [0.25, 0.3) is 10.9 Å². The molecule has 0 aliphatic carbocycles. The summed E-state index contributed by atoms with van der Waals surface area (Å²) in [5, 5.41) is 18.2. The van der Waals surface area contributed by atoms with Gasteiger partial charge in [-0.1, -0.05) is 28.1 Å². The Labute approximate surface area is 160 Å². The average molecular weight is 467 g/mol. The molecule has 2 N–H and O–H groups in total. The van der Waals surface area contributed by atoms with Crippen LogP contribution in [0.15, 0.2) is 55.6 Å². The Bertz CT molecular complexity index is 983. The smallest absolute Gasteiger partial charge is 0.302 e. The lowest BCUT2D eigenvalue weighted by Gasteiger charge is -2.03. The number of benzene rings is 2. The van der Waals surface area contributed by atoms with Crippen LogP contribution in [0.2, 0.25) is 0 Å². The Morgan fingerprint density at radius 2 is 2.08 bits per heavy atom. The van der Waals surface area contributed by atoms with Crippen LogP contribution in [0.5, 0.6) is 11.6 Å². The highest BCUT2D eigenvalue weighted by molar-refractivity contribution is 9.11. The zero-order chi connectivity index (χ0) is 18.0. The number of hydrogen-bond acceptors (Lipinski definition) is 4. The number of H-pyrrole nitrogens is 1. The molecule has 1 heterocycles. The summed E-state index contributed by atoms with van der Waals surface area (Å²) in [4.78, 5) is 14.7. The molecule has 0 bridgehead atoms. The minimum absolute atomic E-state index is 0.162. The lowest BCUT2D eigenvalue weighted by molar-refractivity contribution is -0.120. The maximum Gasteiger partial charge on any atom is 0.302 e. The number of azo groups is 1. The quantitative estimate of drug-likeness (QED) is 0.505. The number of rotatable bonds is 4. The Kier molecular flexibility index (Phi) is 5.19. The predicted molar refractivity (Wildman–Crippen MR) is 102 cm³/mol. The highest BCUT2D eigenvalue weighted by Crippen LogP contribution is 2.40. The molecular formula is C17H13Br2N3O3. The first-order valence-electron chi connectivity index (χ1n) is 7.28. The largest absolute Gasteiger partial charge is 0.493 e. The SMILES string of the molecule is Cc1cccc(OCC(=O)N=Nc2c(O)[nH]c3c(Br)cc(Br)cc23)c1. The maximum atomic E-state index is 11.9. The number of halogens is 2. The van der Waals surface area contributed by atoms with Crippen molar-refractivity contribution in [1.82, 2.24) is 4.98 Å². The van der Waals surface area contributed by atoms with Gasteiger partial charge in [-0.15, -0.1) is 10.2 Å². The van der Waals surface area contributed by atoms with Crippen molar-refractivity contribution in [2.24, 2.45) is 10.2 Å². The third-order valence-electron chi connectivity index (χ3n) is 3.39. The van der Waals surface area contributed by atoms with Crippen LogP contribution in [0.3, 0.4) is 0 Å². The highest BCUT2D eigenvalue weighted by atomic mass is 79.9. The van der Waals surface area contributed by atoms with Gasteiger partial charge in [0.05, 0.1) is 5.52 Å². The molecular weight excluding hydrogens is 454 g/mol. The minimum Gasteiger partial charge on any atom is -0.493 e. The maximum absolute atomic E-state index is 11.9. The minimum atomic E-state index is -0.552. The number of ether oxygens (including phenoxy) is 1. The molecule has 2 aromatic carbocycles. The number of hydrogen-bond donors (Lipinski definition) is 2. The van der Waals surface area contributed by atoms with Crippen LogP contribution in [0, 0.1) is 6.92 Å². The van der Waals surface area contributed by atoms with Crippen molar-refractivity contribution < 1.29 is 14.6 Å². The molecule has 3 aromatic rings. The molecule has 0 spiro atoms. The summed E-state index contributed by atoms with van der Waals surface area (Å²) in [6.45, 7) is 1.70. The third kappa shape index (κ3) is 4.08. The van der Waals surface area contributed by atoms with Crippen molar-refractivity contribution >= 4 is 54.4 Å². The van der Waals surface area contributed by atoms with Crippen LogP contribution >= 0.6 is 31.9 Å². The van der Waals surface area contributed by atoms with E-state index in [1.165, 1.54) is 0 Å². The van der Waals surface area contributed by atoms with Crippen LogP contribution in [0.4, 0.5) is 5.69 Å². The van der Waals surface area contributed by atoms with Gasteiger partial charge in [-0.2, -0.15) is 0 Å². The standard InChI is InChI=1S/C17H13Br2N3O3/c1-9-3-2-4-11(5-9)25-8-14(23)21-22-16-12-6-10(18)7-13(19)15(12)20-17(16)24/h2-7,20,24H,8H2,1H3. The Morgan fingerprint density at radius 3 is 2.84 bits per heavy atom. The number of amides is 1. The van der Waals surface area contributed by atoms with Gasteiger partial charge in [0.2, 0.25) is 5.88 Å². The lowest BCUT2D eigenvalue weighted by atomic mass is 10.2. The van der Waals surface area contributed by atoms with Crippen LogP contribution < -0.4 is 4.74 Å². The normalized spacial score (nSPS) is 11.3. The van der Waals surface area contributed by atoms with Crippen LogP contribution in [0.1, 0.15) is 5.56 Å². The van der Waals surface area contributed by atoms with Crippen molar-refractivity contribution in [1.29, 1.82) is 0 Å². The summed E-state index contributed by atoms with van der Waals surface area (Å²) in [6, 6.07) is 11.0. The van der Waals surface area contributed by atoms with E-state index >= 15 is 0 Å². The van der Waals surface area contributed by atoms with E-state index in [2.05, 4.69) is 47.1 Å². The summed E-state index contributed by atoms with van der Waals surface area (Å²) >= 11 is 6.78. The topological polar surface area (TPSA) is 87.0 Å². The van der Waals surface area contributed by atoms with E-state index in [1.807, 2.05) is 31.2 Å². The van der Waals surface area contributed by atoms with Crippen molar-refractivity contribution in [3.8, 4) is 11.6 Å². The molecule has 0 saturated heterocycles. The molecule has 0 aliphatic heterocycles. The number of nitrogens with one attached hydrogen (secondary N) is 1. The monoisotopic (exact) mass is 465 g/mol. The van der Waals surface area contributed by atoms with E-state index in [9.17, 15) is 9.90 Å². The summed E-state index contributed by atoms with van der Waals surface area (Å²) in [5.41, 5.74) is 1.89. The lowest BCUT2D eigenvalue weighted by Crippen LogP contribution is -2.07. The fourth-order valence-electron chi connectivity index (χ4n) is 2.28. The van der Waals surface area contributed by atoms with Gasteiger partial charge in [0.1, 0.15) is 5.75 Å². The molecule has 0 fully saturated rings. The van der Waals surface area contributed by atoms with Crippen molar-refractivity contribution in [3.05, 3.63) is 50.9 Å². The molecule has 1 aromatic heterocycles. The van der Waals surface area contributed by atoms with Gasteiger partial charge in [0.15, 0.2) is 12.3 Å². The molecule has 1 amide bonds. The van der Waals surface area contributed by atoms with E-state index in [0.29, 0.717) is 16.7 Å². The number of aromatic amines is 1. The zero-order valence-electron chi connectivity index (χ0n) is 13.1. The number of nitrogens with zero attached hydrogens (tertiary/aromatic N) is 2. The van der Waals surface area contributed by atoms with E-state index < -0.39 is 5.91 Å². The molecule has 0 unspecified atom stereocenters. The van der Waals surface area contributed by atoms with Crippen molar-refractivity contribution in [3.63, 3.8) is 0 Å². The summed E-state index contributed by atoms with van der Waals surface area (Å²) < 4.78 is 6.94. The molecule has 8 heteroatoms. The van der Waals surface area contributed by atoms with Gasteiger partial charge in [-0.25, -0.2) is 0 Å². The number of carbonyl (C=O) groups excluding carboxylic acids is 1. The molecule has 128 valence electrons. The molecule has 0 radical (unpaired) electrons. The van der Waals surface area contributed by atoms with E-state index in [4.69, 9.17) is 4.74 Å². The van der Waals surface area contributed by atoms with Gasteiger partial charge >= 0.3 is 5.91 Å².